The number of aromatic amines is 1. The summed E-state index contributed by atoms with van der Waals surface area (Å²) >= 11 is 12.1. The summed E-state index contributed by atoms with van der Waals surface area (Å²) in [6.45, 7) is 0. The molecular weight excluding hydrogens is 345 g/mol. The Morgan fingerprint density at radius 3 is 2.54 bits per heavy atom. The van der Waals surface area contributed by atoms with E-state index in [1.54, 1.807) is 30.6 Å². The van der Waals surface area contributed by atoms with Gasteiger partial charge in [0.2, 0.25) is 5.95 Å². The van der Waals surface area contributed by atoms with Gasteiger partial charge in [0.25, 0.3) is 0 Å². The molecule has 4 rings (SSSR count). The minimum Gasteiger partial charge on any atom is -0.338 e. The molecule has 24 heavy (non-hydrogen) atoms. The fourth-order valence-corrected chi connectivity index (χ4v) is 2.70. The van der Waals surface area contributed by atoms with Crippen molar-refractivity contribution in [2.75, 3.05) is 5.32 Å². The number of nitrogens with one attached hydrogen (secondary N) is 2. The van der Waals surface area contributed by atoms with Crippen molar-refractivity contribution in [1.82, 2.24) is 19.9 Å². The van der Waals surface area contributed by atoms with Gasteiger partial charge in [0.15, 0.2) is 0 Å². The van der Waals surface area contributed by atoms with Gasteiger partial charge >= 0.3 is 0 Å². The summed E-state index contributed by atoms with van der Waals surface area (Å²) < 4.78 is 0. The fraction of sp³-hybridized carbons (Fsp3) is 0. The molecule has 0 atom stereocenters. The van der Waals surface area contributed by atoms with Crippen LogP contribution in [0.5, 0.6) is 0 Å². The maximum Gasteiger partial charge on any atom is 0.227 e. The first kappa shape index (κ1) is 14.9. The highest BCUT2D eigenvalue weighted by Crippen LogP contribution is 2.29. The maximum absolute atomic E-state index is 6.05. The normalized spacial score (nSPS) is 10.9. The van der Waals surface area contributed by atoms with E-state index in [1.807, 2.05) is 24.3 Å². The highest BCUT2D eigenvalue weighted by molar-refractivity contribution is 6.42. The Balaban J connectivity index is 1.70. The molecule has 4 aromatic rings. The second-order valence-corrected chi connectivity index (χ2v) is 5.96. The van der Waals surface area contributed by atoms with Crippen molar-refractivity contribution < 1.29 is 0 Å². The number of benzene rings is 2. The standard InChI is InChI=1S/C17H11Cl2N5/c18-12-8-14-15(9-13(12)19)24-16(23-14)10-3-1-4-11(7-10)22-17-20-5-2-6-21-17/h1-9H,(H,23,24)(H,20,21,22). The minimum atomic E-state index is 0.485. The summed E-state index contributed by atoms with van der Waals surface area (Å²) in [6, 6.07) is 13.1. The zero-order valence-corrected chi connectivity index (χ0v) is 13.8. The van der Waals surface area contributed by atoms with Gasteiger partial charge in [0.1, 0.15) is 5.82 Å². The molecular formula is C17H11Cl2N5. The molecule has 7 heteroatoms. The van der Waals surface area contributed by atoms with E-state index in [9.17, 15) is 0 Å². The van der Waals surface area contributed by atoms with Crippen LogP contribution >= 0.6 is 23.2 Å². The first-order valence-electron chi connectivity index (χ1n) is 7.18. The molecule has 0 spiro atoms. The zero-order chi connectivity index (χ0) is 16.5. The number of rotatable bonds is 3. The Bertz CT molecular complexity index is 975. The first-order chi connectivity index (χ1) is 11.7. The van der Waals surface area contributed by atoms with E-state index in [1.165, 1.54) is 0 Å². The van der Waals surface area contributed by atoms with Crippen molar-refractivity contribution in [3.63, 3.8) is 0 Å². The minimum absolute atomic E-state index is 0.485. The number of fused-ring (bicyclic) bond motifs is 1. The molecule has 5 nitrogen and oxygen atoms in total. The topological polar surface area (TPSA) is 66.5 Å². The van der Waals surface area contributed by atoms with Crippen molar-refractivity contribution in [2.24, 2.45) is 0 Å². The number of H-pyrrole nitrogens is 1. The Morgan fingerprint density at radius 2 is 1.71 bits per heavy atom. The second kappa shape index (κ2) is 6.11. The third kappa shape index (κ3) is 2.91. The van der Waals surface area contributed by atoms with Crippen LogP contribution in [-0.4, -0.2) is 19.9 Å². The van der Waals surface area contributed by atoms with Gasteiger partial charge in [-0.25, -0.2) is 15.0 Å². The lowest BCUT2D eigenvalue weighted by Crippen LogP contribution is -1.95. The summed E-state index contributed by atoms with van der Waals surface area (Å²) in [5.74, 6) is 1.28. The Labute approximate surface area is 147 Å². The van der Waals surface area contributed by atoms with Crippen LogP contribution in [0.4, 0.5) is 11.6 Å². The van der Waals surface area contributed by atoms with Gasteiger partial charge in [0, 0.05) is 23.6 Å². The third-order valence-electron chi connectivity index (χ3n) is 3.48. The van der Waals surface area contributed by atoms with Crippen molar-refractivity contribution in [3.05, 3.63) is 64.9 Å². The van der Waals surface area contributed by atoms with Gasteiger partial charge in [0.05, 0.1) is 21.1 Å². The third-order valence-corrected chi connectivity index (χ3v) is 4.20. The molecule has 0 amide bonds. The monoisotopic (exact) mass is 355 g/mol. The average molecular weight is 356 g/mol. The van der Waals surface area contributed by atoms with Crippen LogP contribution in [0.2, 0.25) is 10.0 Å². The van der Waals surface area contributed by atoms with E-state index in [0.29, 0.717) is 16.0 Å². The molecule has 0 aliphatic heterocycles. The van der Waals surface area contributed by atoms with Crippen LogP contribution in [0.1, 0.15) is 0 Å². The second-order valence-electron chi connectivity index (χ2n) is 5.15. The van der Waals surface area contributed by atoms with Crippen LogP contribution in [0.15, 0.2) is 54.9 Å². The molecule has 0 radical (unpaired) electrons. The lowest BCUT2D eigenvalue weighted by molar-refractivity contribution is 1.17. The van der Waals surface area contributed by atoms with Gasteiger partial charge in [-0.15, -0.1) is 0 Å². The molecule has 0 fully saturated rings. The molecule has 0 saturated carbocycles. The quantitative estimate of drug-likeness (QED) is 0.538. The Morgan fingerprint density at radius 1 is 0.917 bits per heavy atom. The Hall–Kier alpha value is -2.63. The molecule has 0 saturated heterocycles. The van der Waals surface area contributed by atoms with E-state index in [4.69, 9.17) is 23.2 Å². The van der Waals surface area contributed by atoms with Crippen LogP contribution in [0.25, 0.3) is 22.4 Å². The van der Waals surface area contributed by atoms with Gasteiger partial charge in [-0.1, -0.05) is 35.3 Å². The fourth-order valence-electron chi connectivity index (χ4n) is 2.38. The van der Waals surface area contributed by atoms with Gasteiger partial charge < -0.3 is 10.3 Å². The van der Waals surface area contributed by atoms with Crippen molar-refractivity contribution >= 4 is 45.9 Å². The number of nitrogens with zero attached hydrogens (tertiary/aromatic N) is 3. The number of imidazole rings is 1. The summed E-state index contributed by atoms with van der Waals surface area (Å²) in [5.41, 5.74) is 3.41. The number of aromatic nitrogens is 4. The number of hydrogen-bond donors (Lipinski definition) is 2. The first-order valence-corrected chi connectivity index (χ1v) is 7.94. The van der Waals surface area contributed by atoms with Crippen molar-refractivity contribution in [2.45, 2.75) is 0 Å². The molecule has 2 aromatic heterocycles. The highest BCUT2D eigenvalue weighted by atomic mass is 35.5. The largest absolute Gasteiger partial charge is 0.338 e. The smallest absolute Gasteiger partial charge is 0.227 e. The van der Waals surface area contributed by atoms with Crippen molar-refractivity contribution in [1.29, 1.82) is 0 Å². The Kier molecular flexibility index (Phi) is 3.80. The SMILES string of the molecule is Clc1cc2nc(-c3cccc(Nc4ncccn4)c3)[nH]c2cc1Cl. The lowest BCUT2D eigenvalue weighted by atomic mass is 10.2. The van der Waals surface area contributed by atoms with Gasteiger partial charge in [-0.3, -0.25) is 0 Å². The molecule has 2 heterocycles. The van der Waals surface area contributed by atoms with Crippen LogP contribution < -0.4 is 5.32 Å². The highest BCUT2D eigenvalue weighted by Gasteiger charge is 2.09. The van der Waals surface area contributed by atoms with Crippen molar-refractivity contribution in [3.8, 4) is 11.4 Å². The van der Waals surface area contributed by atoms with E-state index in [-0.39, 0.29) is 0 Å². The molecule has 0 aliphatic rings. The molecule has 2 aromatic carbocycles. The predicted octanol–water partition coefficient (Wildman–Crippen LogP) is 5.07. The molecule has 2 N–H and O–H groups in total. The van der Waals surface area contributed by atoms with E-state index in [2.05, 4.69) is 25.3 Å². The average Bonchev–Trinajstić information content (AvgIpc) is 2.99. The van der Waals surface area contributed by atoms with Crippen LogP contribution in [-0.2, 0) is 0 Å². The number of halogens is 2. The number of hydrogen-bond acceptors (Lipinski definition) is 4. The van der Waals surface area contributed by atoms with E-state index >= 15 is 0 Å². The van der Waals surface area contributed by atoms with Gasteiger partial charge in [-0.2, -0.15) is 0 Å². The lowest BCUT2D eigenvalue weighted by Gasteiger charge is -2.05. The van der Waals surface area contributed by atoms with Crippen LogP contribution in [0, 0.1) is 0 Å². The molecule has 118 valence electrons. The van der Waals surface area contributed by atoms with Crippen LogP contribution in [0.3, 0.4) is 0 Å². The predicted molar refractivity (Wildman–Crippen MR) is 96.9 cm³/mol. The summed E-state index contributed by atoms with van der Waals surface area (Å²) in [5, 5.41) is 4.14. The summed E-state index contributed by atoms with van der Waals surface area (Å²) in [6.07, 6.45) is 3.37. The van der Waals surface area contributed by atoms with E-state index < -0.39 is 0 Å². The maximum atomic E-state index is 6.05. The zero-order valence-electron chi connectivity index (χ0n) is 12.3. The molecule has 0 aliphatic carbocycles. The molecule has 0 bridgehead atoms. The summed E-state index contributed by atoms with van der Waals surface area (Å²) in [7, 11) is 0. The van der Waals surface area contributed by atoms with E-state index in [0.717, 1.165) is 28.1 Å². The summed E-state index contributed by atoms with van der Waals surface area (Å²) in [4.78, 5) is 16.1. The number of anilines is 2. The molecule has 0 unspecified atom stereocenters. The van der Waals surface area contributed by atoms with Gasteiger partial charge in [-0.05, 0) is 30.3 Å².